The van der Waals surface area contributed by atoms with E-state index in [0.717, 1.165) is 17.1 Å². The number of nitrogen functional groups attached to an aromatic ring is 1. The minimum absolute atomic E-state index is 0.218. The van der Waals surface area contributed by atoms with Gasteiger partial charge < -0.3 is 5.73 Å². The molecule has 3 unspecified atom stereocenters. The van der Waals surface area contributed by atoms with Crippen LogP contribution in [0, 0.1) is 16.7 Å². The third-order valence-corrected chi connectivity index (χ3v) is 6.18. The van der Waals surface area contributed by atoms with E-state index in [1.807, 2.05) is 6.07 Å². The fraction of sp³-hybridized carbons (Fsp3) is 0.625. The molecule has 0 amide bonds. The number of nitrogens with two attached hydrogens (primary N) is 1. The average Bonchev–Trinajstić information content (AvgIpc) is 2.97. The van der Waals surface area contributed by atoms with E-state index in [0.29, 0.717) is 17.0 Å². The molecular formula is C16H21ClN4. The van der Waals surface area contributed by atoms with Crippen molar-refractivity contribution in [3.05, 3.63) is 17.3 Å². The predicted molar refractivity (Wildman–Crippen MR) is 85.2 cm³/mol. The van der Waals surface area contributed by atoms with Gasteiger partial charge in [0, 0.05) is 12.2 Å². The largest absolute Gasteiger partial charge is 0.369 e. The lowest BCUT2D eigenvalue weighted by atomic mass is 9.68. The summed E-state index contributed by atoms with van der Waals surface area (Å²) in [7, 11) is 0. The van der Waals surface area contributed by atoms with Crippen LogP contribution in [0.25, 0.3) is 11.2 Å². The van der Waals surface area contributed by atoms with Crippen LogP contribution in [0.1, 0.15) is 46.1 Å². The van der Waals surface area contributed by atoms with Crippen molar-refractivity contribution in [3.63, 3.8) is 0 Å². The standard InChI is InChI=1S/C16H21ClN4/c1-15(2)9-4-5-16(3,7-9)13(15)21-12-11(20-14(21)18)6-10(17)8-19-12/h6,8-9,13H,4-5,7H2,1-3H3,(H2,18,20). The van der Waals surface area contributed by atoms with Crippen molar-refractivity contribution in [1.82, 2.24) is 14.5 Å². The van der Waals surface area contributed by atoms with Crippen molar-refractivity contribution < 1.29 is 0 Å². The van der Waals surface area contributed by atoms with Gasteiger partial charge in [-0.3, -0.25) is 4.57 Å². The van der Waals surface area contributed by atoms with E-state index >= 15 is 0 Å². The van der Waals surface area contributed by atoms with Gasteiger partial charge in [-0.25, -0.2) is 9.97 Å². The van der Waals surface area contributed by atoms with Gasteiger partial charge in [0.2, 0.25) is 5.95 Å². The third-order valence-electron chi connectivity index (χ3n) is 5.98. The van der Waals surface area contributed by atoms with Crippen molar-refractivity contribution in [2.45, 2.75) is 46.1 Å². The Morgan fingerprint density at radius 2 is 2.14 bits per heavy atom. The molecule has 0 spiro atoms. The molecule has 0 saturated heterocycles. The van der Waals surface area contributed by atoms with E-state index in [4.69, 9.17) is 17.3 Å². The number of fused-ring (bicyclic) bond motifs is 3. The van der Waals surface area contributed by atoms with Gasteiger partial charge in [-0.05, 0) is 42.1 Å². The summed E-state index contributed by atoms with van der Waals surface area (Å²) in [5.74, 6) is 1.32. The summed E-state index contributed by atoms with van der Waals surface area (Å²) in [6.45, 7) is 7.13. The summed E-state index contributed by atoms with van der Waals surface area (Å²) in [4.78, 5) is 9.01. The van der Waals surface area contributed by atoms with Crippen LogP contribution in [-0.2, 0) is 0 Å². The van der Waals surface area contributed by atoms with Gasteiger partial charge in [-0.1, -0.05) is 32.4 Å². The van der Waals surface area contributed by atoms with Gasteiger partial charge in [-0.2, -0.15) is 0 Å². The van der Waals surface area contributed by atoms with Crippen molar-refractivity contribution >= 4 is 28.7 Å². The first kappa shape index (κ1) is 13.4. The molecule has 4 rings (SSSR count). The Morgan fingerprint density at radius 3 is 2.81 bits per heavy atom. The highest BCUT2D eigenvalue weighted by atomic mass is 35.5. The van der Waals surface area contributed by atoms with Crippen LogP contribution in [0.4, 0.5) is 5.95 Å². The molecule has 112 valence electrons. The summed E-state index contributed by atoms with van der Waals surface area (Å²) in [5.41, 5.74) is 8.43. The normalized spacial score (nSPS) is 33.9. The molecular weight excluding hydrogens is 284 g/mol. The molecule has 2 aliphatic carbocycles. The Balaban J connectivity index is 1.96. The Morgan fingerprint density at radius 1 is 1.38 bits per heavy atom. The second kappa shape index (κ2) is 3.92. The third kappa shape index (κ3) is 1.62. The molecule has 0 aromatic carbocycles. The highest BCUT2D eigenvalue weighted by Gasteiger charge is 2.60. The Kier molecular flexibility index (Phi) is 2.49. The molecule has 3 atom stereocenters. The molecule has 5 heteroatoms. The molecule has 2 heterocycles. The summed E-state index contributed by atoms with van der Waals surface area (Å²) in [5, 5.41) is 0.602. The number of anilines is 1. The first-order valence-electron chi connectivity index (χ1n) is 7.62. The van der Waals surface area contributed by atoms with Crippen LogP contribution in [0.5, 0.6) is 0 Å². The quantitative estimate of drug-likeness (QED) is 0.864. The number of nitrogens with zero attached hydrogens (tertiary/aromatic N) is 3. The zero-order chi connectivity index (χ0) is 15.0. The summed E-state index contributed by atoms with van der Waals surface area (Å²) >= 11 is 6.03. The van der Waals surface area contributed by atoms with E-state index < -0.39 is 0 Å². The Labute approximate surface area is 129 Å². The molecule has 2 aromatic rings. The van der Waals surface area contributed by atoms with Gasteiger partial charge in [0.05, 0.1) is 5.02 Å². The predicted octanol–water partition coefficient (Wildman–Crippen LogP) is 4.05. The van der Waals surface area contributed by atoms with Crippen molar-refractivity contribution in [1.29, 1.82) is 0 Å². The second-order valence-corrected chi connectivity index (χ2v) is 8.09. The van der Waals surface area contributed by atoms with Gasteiger partial charge in [0.25, 0.3) is 0 Å². The first-order chi connectivity index (χ1) is 9.83. The maximum Gasteiger partial charge on any atom is 0.202 e. The molecule has 2 fully saturated rings. The highest BCUT2D eigenvalue weighted by molar-refractivity contribution is 6.31. The highest BCUT2D eigenvalue weighted by Crippen LogP contribution is 2.68. The van der Waals surface area contributed by atoms with E-state index in [9.17, 15) is 0 Å². The van der Waals surface area contributed by atoms with Gasteiger partial charge >= 0.3 is 0 Å². The van der Waals surface area contributed by atoms with E-state index in [1.165, 1.54) is 19.3 Å². The van der Waals surface area contributed by atoms with E-state index in [2.05, 4.69) is 35.3 Å². The van der Waals surface area contributed by atoms with Crippen LogP contribution in [-0.4, -0.2) is 14.5 Å². The van der Waals surface area contributed by atoms with Crippen LogP contribution in [0.2, 0.25) is 5.02 Å². The van der Waals surface area contributed by atoms with E-state index in [-0.39, 0.29) is 10.8 Å². The number of imidazole rings is 1. The van der Waals surface area contributed by atoms with Crippen LogP contribution in [0.15, 0.2) is 12.3 Å². The molecule has 21 heavy (non-hydrogen) atoms. The summed E-state index contributed by atoms with van der Waals surface area (Å²) in [6, 6.07) is 2.20. The number of aromatic nitrogens is 3. The molecule has 0 aliphatic heterocycles. The van der Waals surface area contributed by atoms with Gasteiger partial charge in [0.15, 0.2) is 5.65 Å². The minimum atomic E-state index is 0.218. The zero-order valence-corrected chi connectivity index (χ0v) is 13.5. The van der Waals surface area contributed by atoms with Crippen molar-refractivity contribution in [3.8, 4) is 0 Å². The minimum Gasteiger partial charge on any atom is -0.369 e. The zero-order valence-electron chi connectivity index (χ0n) is 12.7. The van der Waals surface area contributed by atoms with Crippen LogP contribution in [0.3, 0.4) is 0 Å². The SMILES string of the molecule is CC12CCC(C1)C(C)(C)C2n1c(N)nc2cc(Cl)cnc21. The maximum absolute atomic E-state index is 6.26. The number of halogens is 1. The molecule has 2 N–H and O–H groups in total. The van der Waals surface area contributed by atoms with Crippen LogP contribution >= 0.6 is 11.6 Å². The summed E-state index contributed by atoms with van der Waals surface area (Å²) in [6.07, 6.45) is 5.55. The lowest BCUT2D eigenvalue weighted by molar-refractivity contribution is 0.0878. The summed E-state index contributed by atoms with van der Waals surface area (Å²) < 4.78 is 2.17. The molecule has 2 aromatic heterocycles. The topological polar surface area (TPSA) is 56.7 Å². The average molecular weight is 305 g/mol. The molecule has 0 radical (unpaired) electrons. The Bertz CT molecular complexity index is 730. The van der Waals surface area contributed by atoms with Gasteiger partial charge in [-0.15, -0.1) is 0 Å². The number of hydrogen-bond acceptors (Lipinski definition) is 3. The Hall–Kier alpha value is -1.29. The molecule has 2 saturated carbocycles. The molecule has 4 nitrogen and oxygen atoms in total. The maximum atomic E-state index is 6.26. The molecule has 2 aliphatic rings. The van der Waals surface area contributed by atoms with E-state index in [1.54, 1.807) is 6.20 Å². The number of pyridine rings is 1. The fourth-order valence-corrected chi connectivity index (χ4v) is 5.30. The first-order valence-corrected chi connectivity index (χ1v) is 8.00. The van der Waals surface area contributed by atoms with Crippen molar-refractivity contribution in [2.24, 2.45) is 16.7 Å². The van der Waals surface area contributed by atoms with Gasteiger partial charge in [0.1, 0.15) is 5.52 Å². The lowest BCUT2D eigenvalue weighted by Gasteiger charge is -2.43. The van der Waals surface area contributed by atoms with Crippen LogP contribution < -0.4 is 5.73 Å². The molecule has 2 bridgehead atoms. The second-order valence-electron chi connectivity index (χ2n) is 7.65. The monoisotopic (exact) mass is 304 g/mol. The number of hydrogen-bond donors (Lipinski definition) is 1. The number of rotatable bonds is 1. The fourth-order valence-electron chi connectivity index (χ4n) is 5.15. The lowest BCUT2D eigenvalue weighted by Crippen LogP contribution is -2.37. The smallest absolute Gasteiger partial charge is 0.202 e. The van der Waals surface area contributed by atoms with Crippen molar-refractivity contribution in [2.75, 3.05) is 5.73 Å².